The lowest BCUT2D eigenvalue weighted by Gasteiger charge is -2.12. The van der Waals surface area contributed by atoms with E-state index in [1.54, 1.807) is 6.20 Å². The van der Waals surface area contributed by atoms with Gasteiger partial charge in [0, 0.05) is 25.4 Å². The number of rotatable bonds is 5. The van der Waals surface area contributed by atoms with Gasteiger partial charge in [-0.15, -0.1) is 0 Å². The van der Waals surface area contributed by atoms with E-state index in [1.807, 2.05) is 10.8 Å². The average molecular weight is 299 g/mol. The smallest absolute Gasteiger partial charge is 0.226 e. The third-order valence-corrected chi connectivity index (χ3v) is 5.17. The Labute approximate surface area is 119 Å². The van der Waals surface area contributed by atoms with E-state index in [4.69, 9.17) is 0 Å². The molecule has 0 aromatic carbocycles. The highest BCUT2D eigenvalue weighted by Crippen LogP contribution is 2.22. The standard InChI is InChI=1S/C13H21N3O3S/c1-10(2)8-16-5-4-14-13(16)15-12(17)7-11-3-6-20(18,19)9-11/h4-5,10-11H,3,6-9H2,1-2H3,(H,14,15,17). The number of amides is 1. The first-order valence-electron chi connectivity index (χ1n) is 6.87. The molecular weight excluding hydrogens is 278 g/mol. The van der Waals surface area contributed by atoms with Crippen molar-refractivity contribution in [1.82, 2.24) is 9.55 Å². The summed E-state index contributed by atoms with van der Waals surface area (Å²) in [7, 11) is -2.93. The molecule has 6 nitrogen and oxygen atoms in total. The van der Waals surface area contributed by atoms with Crippen LogP contribution in [0.1, 0.15) is 26.7 Å². The minimum absolute atomic E-state index is 0.0616. The lowest BCUT2D eigenvalue weighted by molar-refractivity contribution is -0.117. The average Bonchev–Trinajstić information content (AvgIpc) is 2.85. The number of hydrogen-bond donors (Lipinski definition) is 1. The maximum atomic E-state index is 12.0. The summed E-state index contributed by atoms with van der Waals surface area (Å²) in [5.41, 5.74) is 0. The molecule has 0 bridgehead atoms. The van der Waals surface area contributed by atoms with E-state index in [9.17, 15) is 13.2 Å². The quantitative estimate of drug-likeness (QED) is 0.888. The van der Waals surface area contributed by atoms with Gasteiger partial charge in [-0.1, -0.05) is 13.8 Å². The fraction of sp³-hybridized carbons (Fsp3) is 0.692. The van der Waals surface area contributed by atoms with Crippen molar-refractivity contribution in [2.45, 2.75) is 33.2 Å². The zero-order valence-electron chi connectivity index (χ0n) is 11.9. The van der Waals surface area contributed by atoms with Gasteiger partial charge in [0.15, 0.2) is 9.84 Å². The summed E-state index contributed by atoms with van der Waals surface area (Å²) in [6.45, 7) is 4.97. The normalized spacial score (nSPS) is 21.2. The van der Waals surface area contributed by atoms with Crippen molar-refractivity contribution in [3.63, 3.8) is 0 Å². The van der Waals surface area contributed by atoms with Crippen LogP contribution in [-0.4, -0.2) is 35.4 Å². The molecule has 0 radical (unpaired) electrons. The minimum Gasteiger partial charge on any atom is -0.317 e. The molecule has 0 saturated carbocycles. The van der Waals surface area contributed by atoms with E-state index in [-0.39, 0.29) is 29.8 Å². The Bertz CT molecular complexity index is 577. The van der Waals surface area contributed by atoms with Crippen molar-refractivity contribution in [2.24, 2.45) is 11.8 Å². The van der Waals surface area contributed by atoms with Crippen LogP contribution in [0.3, 0.4) is 0 Å². The van der Waals surface area contributed by atoms with E-state index in [2.05, 4.69) is 24.1 Å². The molecule has 1 aromatic rings. The summed E-state index contributed by atoms with van der Waals surface area (Å²) in [6.07, 6.45) is 4.30. The second-order valence-electron chi connectivity index (χ2n) is 5.82. The number of hydrogen-bond acceptors (Lipinski definition) is 4. The third kappa shape index (κ3) is 4.06. The number of anilines is 1. The lowest BCUT2D eigenvalue weighted by Crippen LogP contribution is -2.20. The highest BCUT2D eigenvalue weighted by Gasteiger charge is 2.29. The molecule has 1 unspecified atom stereocenters. The van der Waals surface area contributed by atoms with Gasteiger partial charge in [-0.2, -0.15) is 0 Å². The SMILES string of the molecule is CC(C)Cn1ccnc1NC(=O)CC1CCS(=O)(=O)C1. The molecule has 2 rings (SSSR count). The van der Waals surface area contributed by atoms with Gasteiger partial charge in [-0.05, 0) is 18.3 Å². The number of nitrogens with zero attached hydrogens (tertiary/aromatic N) is 2. The molecule has 112 valence electrons. The number of imidazole rings is 1. The van der Waals surface area contributed by atoms with Gasteiger partial charge in [0.2, 0.25) is 11.9 Å². The molecule has 1 fully saturated rings. The van der Waals surface area contributed by atoms with Crippen molar-refractivity contribution in [3.05, 3.63) is 12.4 Å². The second-order valence-corrected chi connectivity index (χ2v) is 8.05. The highest BCUT2D eigenvalue weighted by atomic mass is 32.2. The van der Waals surface area contributed by atoms with Crippen LogP contribution in [-0.2, 0) is 21.2 Å². The molecule has 1 saturated heterocycles. The van der Waals surface area contributed by atoms with E-state index >= 15 is 0 Å². The predicted octanol–water partition coefficient (Wildman–Crippen LogP) is 1.30. The topological polar surface area (TPSA) is 81.1 Å². The maximum Gasteiger partial charge on any atom is 0.226 e. The Morgan fingerprint density at radius 1 is 1.55 bits per heavy atom. The zero-order valence-corrected chi connectivity index (χ0v) is 12.7. The molecular formula is C13H21N3O3S. The third-order valence-electron chi connectivity index (χ3n) is 3.33. The van der Waals surface area contributed by atoms with Gasteiger partial charge in [0.1, 0.15) is 0 Å². The molecule has 0 aliphatic carbocycles. The first-order chi connectivity index (χ1) is 9.35. The van der Waals surface area contributed by atoms with Gasteiger partial charge >= 0.3 is 0 Å². The lowest BCUT2D eigenvalue weighted by atomic mass is 10.1. The highest BCUT2D eigenvalue weighted by molar-refractivity contribution is 7.91. The number of carbonyl (C=O) groups excluding carboxylic acids is 1. The van der Waals surface area contributed by atoms with Gasteiger partial charge in [-0.3, -0.25) is 10.1 Å². The van der Waals surface area contributed by atoms with Gasteiger partial charge in [-0.25, -0.2) is 13.4 Å². The molecule has 1 aromatic heterocycles. The first-order valence-corrected chi connectivity index (χ1v) is 8.69. The van der Waals surface area contributed by atoms with E-state index < -0.39 is 9.84 Å². The van der Waals surface area contributed by atoms with Gasteiger partial charge < -0.3 is 4.57 Å². The van der Waals surface area contributed by atoms with Gasteiger partial charge in [0.05, 0.1) is 11.5 Å². The van der Waals surface area contributed by atoms with Crippen molar-refractivity contribution in [3.8, 4) is 0 Å². The van der Waals surface area contributed by atoms with E-state index in [0.29, 0.717) is 18.3 Å². The summed E-state index contributed by atoms with van der Waals surface area (Å²) in [5, 5.41) is 2.77. The van der Waals surface area contributed by atoms with Crippen molar-refractivity contribution >= 4 is 21.7 Å². The fourth-order valence-corrected chi connectivity index (χ4v) is 4.31. The summed E-state index contributed by atoms with van der Waals surface area (Å²) in [6, 6.07) is 0. The Morgan fingerprint density at radius 3 is 2.90 bits per heavy atom. The second kappa shape index (κ2) is 5.95. The summed E-state index contributed by atoms with van der Waals surface area (Å²) in [4.78, 5) is 16.1. The summed E-state index contributed by atoms with van der Waals surface area (Å²) < 4.78 is 24.6. The summed E-state index contributed by atoms with van der Waals surface area (Å²) in [5.74, 6) is 1.09. The molecule has 1 N–H and O–H groups in total. The van der Waals surface area contributed by atoms with Crippen LogP contribution in [0.4, 0.5) is 5.95 Å². The van der Waals surface area contributed by atoms with Crippen LogP contribution in [0.25, 0.3) is 0 Å². The minimum atomic E-state index is -2.93. The number of aromatic nitrogens is 2. The zero-order chi connectivity index (χ0) is 14.8. The molecule has 1 amide bonds. The predicted molar refractivity (Wildman–Crippen MR) is 77.1 cm³/mol. The first kappa shape index (κ1) is 15.0. The number of nitrogens with one attached hydrogen (secondary N) is 1. The molecule has 2 heterocycles. The van der Waals surface area contributed by atoms with Gasteiger partial charge in [0.25, 0.3) is 0 Å². The van der Waals surface area contributed by atoms with Crippen LogP contribution < -0.4 is 5.32 Å². The molecule has 1 atom stereocenters. The van der Waals surface area contributed by atoms with E-state index in [0.717, 1.165) is 6.54 Å². The van der Waals surface area contributed by atoms with Crippen LogP contribution in [0.15, 0.2) is 12.4 Å². The Balaban J connectivity index is 1.90. The Morgan fingerprint density at radius 2 is 2.30 bits per heavy atom. The number of carbonyl (C=O) groups is 1. The van der Waals surface area contributed by atoms with Crippen LogP contribution >= 0.6 is 0 Å². The van der Waals surface area contributed by atoms with Crippen LogP contribution in [0, 0.1) is 11.8 Å². The van der Waals surface area contributed by atoms with E-state index in [1.165, 1.54) is 0 Å². The molecule has 20 heavy (non-hydrogen) atoms. The Hall–Kier alpha value is -1.37. The molecule has 7 heteroatoms. The molecule has 1 aliphatic heterocycles. The fourth-order valence-electron chi connectivity index (χ4n) is 2.44. The van der Waals surface area contributed by atoms with Crippen molar-refractivity contribution in [2.75, 3.05) is 16.8 Å². The summed E-state index contributed by atoms with van der Waals surface area (Å²) >= 11 is 0. The van der Waals surface area contributed by atoms with Crippen molar-refractivity contribution in [1.29, 1.82) is 0 Å². The van der Waals surface area contributed by atoms with Crippen molar-refractivity contribution < 1.29 is 13.2 Å². The van der Waals surface area contributed by atoms with Crippen LogP contribution in [0.2, 0.25) is 0 Å². The monoisotopic (exact) mass is 299 g/mol. The van der Waals surface area contributed by atoms with Crippen LogP contribution in [0.5, 0.6) is 0 Å². The largest absolute Gasteiger partial charge is 0.317 e. The Kier molecular flexibility index (Phi) is 4.47. The maximum absolute atomic E-state index is 12.0. The molecule has 1 aliphatic rings. The number of sulfone groups is 1. The molecule has 0 spiro atoms.